The van der Waals surface area contributed by atoms with Gasteiger partial charge in [-0.3, -0.25) is 0 Å². The highest BCUT2D eigenvalue weighted by Crippen LogP contribution is 2.30. The number of hydrogen-bond donors (Lipinski definition) is 1. The quantitative estimate of drug-likeness (QED) is 0.862. The fraction of sp³-hybridized carbons (Fsp3) is 0.167. The zero-order chi connectivity index (χ0) is 10.7. The van der Waals surface area contributed by atoms with E-state index in [1.165, 1.54) is 0 Å². The highest BCUT2D eigenvalue weighted by molar-refractivity contribution is 7.99. The zero-order valence-electron chi connectivity index (χ0n) is 8.43. The van der Waals surface area contributed by atoms with Crippen LogP contribution in [0.5, 0.6) is 0 Å². The molecule has 0 aliphatic rings. The van der Waals surface area contributed by atoms with Crippen LogP contribution in [0.3, 0.4) is 0 Å². The first-order chi connectivity index (χ1) is 7.29. The molecule has 1 N–H and O–H groups in total. The predicted molar refractivity (Wildman–Crippen MR) is 59.9 cm³/mol. The number of benzene rings is 1. The third-order valence-electron chi connectivity index (χ3n) is 2.14. The van der Waals surface area contributed by atoms with Crippen molar-refractivity contribution in [1.82, 2.24) is 0 Å². The Kier molecular flexibility index (Phi) is 3.14. The molecule has 0 fully saturated rings. The van der Waals surface area contributed by atoms with Crippen molar-refractivity contribution in [3.05, 3.63) is 47.9 Å². The average Bonchev–Trinajstić information content (AvgIpc) is 2.66. The predicted octanol–water partition coefficient (Wildman–Crippen LogP) is 3.23. The average molecular weight is 220 g/mol. The lowest BCUT2D eigenvalue weighted by Gasteiger charge is -2.01. The second kappa shape index (κ2) is 4.55. The molecule has 0 spiro atoms. The van der Waals surface area contributed by atoms with Gasteiger partial charge in [-0.1, -0.05) is 23.9 Å². The van der Waals surface area contributed by atoms with Crippen LogP contribution in [-0.4, -0.2) is 5.11 Å². The molecule has 1 aromatic carbocycles. The van der Waals surface area contributed by atoms with Crippen molar-refractivity contribution in [1.29, 1.82) is 0 Å². The van der Waals surface area contributed by atoms with E-state index < -0.39 is 0 Å². The van der Waals surface area contributed by atoms with Crippen molar-refractivity contribution >= 4 is 11.8 Å². The summed E-state index contributed by atoms with van der Waals surface area (Å²) >= 11 is 1.66. The largest absolute Gasteiger partial charge is 0.468 e. The van der Waals surface area contributed by atoms with E-state index in [1.54, 1.807) is 18.0 Å². The molecule has 3 heteroatoms. The van der Waals surface area contributed by atoms with Crippen LogP contribution in [0.25, 0.3) is 0 Å². The first kappa shape index (κ1) is 10.3. The van der Waals surface area contributed by atoms with Gasteiger partial charge in [0, 0.05) is 4.90 Å². The van der Waals surface area contributed by atoms with Crippen molar-refractivity contribution in [2.45, 2.75) is 23.3 Å². The minimum absolute atomic E-state index is 0.0929. The summed E-state index contributed by atoms with van der Waals surface area (Å²) in [6.45, 7) is 2.04. The molecule has 0 saturated carbocycles. The number of aliphatic hydroxyl groups is 1. The number of aliphatic hydroxyl groups excluding tert-OH is 1. The fourth-order valence-electron chi connectivity index (χ4n) is 1.27. The molecule has 0 aliphatic heterocycles. The molecule has 0 atom stereocenters. The van der Waals surface area contributed by atoms with Crippen LogP contribution in [0.15, 0.2) is 50.8 Å². The summed E-state index contributed by atoms with van der Waals surface area (Å²) < 4.78 is 5.22. The van der Waals surface area contributed by atoms with E-state index in [9.17, 15) is 0 Å². The maximum Gasteiger partial charge on any atom is 0.114 e. The molecule has 2 nitrogen and oxygen atoms in total. The molecule has 0 radical (unpaired) electrons. The lowest BCUT2D eigenvalue weighted by Crippen LogP contribution is -1.81. The normalized spacial score (nSPS) is 10.5. The maximum absolute atomic E-state index is 8.91. The lowest BCUT2D eigenvalue weighted by molar-refractivity contribution is 0.282. The Morgan fingerprint density at radius 2 is 1.93 bits per heavy atom. The summed E-state index contributed by atoms with van der Waals surface area (Å²) in [5.41, 5.74) is 0.934. The summed E-state index contributed by atoms with van der Waals surface area (Å²) in [4.78, 5) is 2.28. The molecular formula is C12H12O2S. The standard InChI is InChI=1S/C12H12O2S/c1-9-12(6-7-14-9)15-11-4-2-10(8-13)3-5-11/h2-7,13H,8H2,1H3. The number of furan rings is 1. The maximum atomic E-state index is 8.91. The van der Waals surface area contributed by atoms with Gasteiger partial charge in [-0.25, -0.2) is 0 Å². The van der Waals surface area contributed by atoms with Crippen LogP contribution >= 0.6 is 11.8 Å². The van der Waals surface area contributed by atoms with Gasteiger partial charge in [0.15, 0.2) is 0 Å². The third-order valence-corrected chi connectivity index (χ3v) is 3.30. The van der Waals surface area contributed by atoms with E-state index in [2.05, 4.69) is 0 Å². The molecule has 78 valence electrons. The first-order valence-corrected chi connectivity index (χ1v) is 5.53. The van der Waals surface area contributed by atoms with E-state index in [0.29, 0.717) is 0 Å². The molecule has 15 heavy (non-hydrogen) atoms. The summed E-state index contributed by atoms with van der Waals surface area (Å²) in [5, 5.41) is 8.91. The van der Waals surface area contributed by atoms with Crippen molar-refractivity contribution in [2.75, 3.05) is 0 Å². The van der Waals surface area contributed by atoms with Gasteiger partial charge in [0.1, 0.15) is 5.76 Å². The number of rotatable bonds is 3. The van der Waals surface area contributed by atoms with Crippen molar-refractivity contribution in [2.24, 2.45) is 0 Å². The van der Waals surface area contributed by atoms with Gasteiger partial charge in [0.25, 0.3) is 0 Å². The molecular weight excluding hydrogens is 208 g/mol. The highest BCUT2D eigenvalue weighted by atomic mass is 32.2. The van der Waals surface area contributed by atoms with Crippen LogP contribution in [0.4, 0.5) is 0 Å². The van der Waals surface area contributed by atoms with E-state index in [1.807, 2.05) is 37.3 Å². The second-order valence-electron chi connectivity index (χ2n) is 3.25. The molecule has 0 aliphatic carbocycles. The van der Waals surface area contributed by atoms with E-state index in [4.69, 9.17) is 9.52 Å². The van der Waals surface area contributed by atoms with Crippen molar-refractivity contribution in [3.63, 3.8) is 0 Å². The van der Waals surface area contributed by atoms with Crippen LogP contribution in [0.1, 0.15) is 11.3 Å². The van der Waals surface area contributed by atoms with Crippen LogP contribution in [0, 0.1) is 6.92 Å². The van der Waals surface area contributed by atoms with Gasteiger partial charge in [-0.15, -0.1) is 0 Å². The minimum Gasteiger partial charge on any atom is -0.468 e. The Balaban J connectivity index is 2.14. The lowest BCUT2D eigenvalue weighted by atomic mass is 10.2. The van der Waals surface area contributed by atoms with Crippen molar-refractivity contribution in [3.8, 4) is 0 Å². The second-order valence-corrected chi connectivity index (χ2v) is 4.36. The van der Waals surface area contributed by atoms with Gasteiger partial charge in [0.05, 0.1) is 17.8 Å². The van der Waals surface area contributed by atoms with Gasteiger partial charge >= 0.3 is 0 Å². The Bertz CT molecular complexity index is 431. The number of hydrogen-bond acceptors (Lipinski definition) is 3. The zero-order valence-corrected chi connectivity index (χ0v) is 9.25. The summed E-state index contributed by atoms with van der Waals surface area (Å²) in [7, 11) is 0. The van der Waals surface area contributed by atoms with E-state index >= 15 is 0 Å². The Morgan fingerprint density at radius 3 is 2.47 bits per heavy atom. The van der Waals surface area contributed by atoms with E-state index in [-0.39, 0.29) is 6.61 Å². The smallest absolute Gasteiger partial charge is 0.114 e. The molecule has 0 bridgehead atoms. The molecule has 0 unspecified atom stereocenters. The molecule has 2 aromatic rings. The van der Waals surface area contributed by atoms with Crippen molar-refractivity contribution < 1.29 is 9.52 Å². The minimum atomic E-state index is 0.0929. The first-order valence-electron chi connectivity index (χ1n) is 4.71. The third kappa shape index (κ3) is 2.43. The van der Waals surface area contributed by atoms with Crippen LogP contribution < -0.4 is 0 Å². The molecule has 0 saturated heterocycles. The van der Waals surface area contributed by atoms with Crippen LogP contribution in [-0.2, 0) is 6.61 Å². The highest BCUT2D eigenvalue weighted by Gasteiger charge is 2.03. The molecule has 2 rings (SSSR count). The Labute approximate surface area is 92.9 Å². The number of aryl methyl sites for hydroxylation is 1. The SMILES string of the molecule is Cc1occc1Sc1ccc(CO)cc1. The van der Waals surface area contributed by atoms with Crippen LogP contribution in [0.2, 0.25) is 0 Å². The molecule has 1 heterocycles. The fourth-order valence-corrected chi connectivity index (χ4v) is 2.11. The van der Waals surface area contributed by atoms with Gasteiger partial charge in [-0.05, 0) is 30.7 Å². The Hall–Kier alpha value is -1.19. The molecule has 1 aromatic heterocycles. The van der Waals surface area contributed by atoms with Gasteiger partial charge in [-0.2, -0.15) is 0 Å². The topological polar surface area (TPSA) is 33.4 Å². The monoisotopic (exact) mass is 220 g/mol. The van der Waals surface area contributed by atoms with Gasteiger partial charge in [0.2, 0.25) is 0 Å². The Morgan fingerprint density at radius 1 is 1.20 bits per heavy atom. The summed E-state index contributed by atoms with van der Waals surface area (Å²) in [5.74, 6) is 0.936. The van der Waals surface area contributed by atoms with E-state index in [0.717, 1.165) is 21.1 Å². The molecule has 0 amide bonds. The van der Waals surface area contributed by atoms with Gasteiger partial charge < -0.3 is 9.52 Å². The summed E-state index contributed by atoms with van der Waals surface area (Å²) in [6.07, 6.45) is 1.69. The summed E-state index contributed by atoms with van der Waals surface area (Å²) in [6, 6.07) is 9.82.